The van der Waals surface area contributed by atoms with E-state index in [0.29, 0.717) is 18.8 Å². The first-order valence-corrected chi connectivity index (χ1v) is 8.52. The summed E-state index contributed by atoms with van der Waals surface area (Å²) in [7, 11) is 0. The third kappa shape index (κ3) is 3.59. The molecule has 23 heavy (non-hydrogen) atoms. The molecule has 0 spiro atoms. The molecular formula is C17H19FN2O2S. The lowest BCUT2D eigenvalue weighted by Crippen LogP contribution is -2.41. The first-order chi connectivity index (χ1) is 11.0. The van der Waals surface area contributed by atoms with E-state index in [1.165, 1.54) is 12.1 Å². The maximum atomic E-state index is 13.2. The molecular weight excluding hydrogens is 315 g/mol. The summed E-state index contributed by atoms with van der Waals surface area (Å²) in [6, 6.07) is 5.96. The molecule has 1 aromatic carbocycles. The highest BCUT2D eigenvalue weighted by Crippen LogP contribution is 2.26. The van der Waals surface area contributed by atoms with Gasteiger partial charge in [-0.25, -0.2) is 9.37 Å². The van der Waals surface area contributed by atoms with Gasteiger partial charge in [-0.15, -0.1) is 11.3 Å². The van der Waals surface area contributed by atoms with Gasteiger partial charge in [-0.2, -0.15) is 0 Å². The number of aryl methyl sites for hydroxylation is 1. The summed E-state index contributed by atoms with van der Waals surface area (Å²) in [5.74, 6) is -0.231. The van der Waals surface area contributed by atoms with Crippen molar-refractivity contribution in [3.05, 3.63) is 46.2 Å². The first kappa shape index (κ1) is 16.1. The Kier molecular flexibility index (Phi) is 4.73. The van der Waals surface area contributed by atoms with E-state index in [1.54, 1.807) is 28.4 Å². The normalized spacial score (nSPS) is 20.7. The van der Waals surface area contributed by atoms with Crippen LogP contribution in [0.25, 0.3) is 0 Å². The molecule has 1 saturated heterocycles. The second-order valence-electron chi connectivity index (χ2n) is 5.82. The summed E-state index contributed by atoms with van der Waals surface area (Å²) < 4.78 is 18.8. The van der Waals surface area contributed by atoms with Gasteiger partial charge >= 0.3 is 0 Å². The molecule has 1 aromatic heterocycles. The third-order valence-electron chi connectivity index (χ3n) is 4.02. The fraction of sp³-hybridized carbons (Fsp3) is 0.412. The summed E-state index contributed by atoms with van der Waals surface area (Å²) >= 11 is 1.55. The van der Waals surface area contributed by atoms with Crippen LogP contribution in [0.4, 0.5) is 10.1 Å². The van der Waals surface area contributed by atoms with Crippen LogP contribution in [-0.2, 0) is 16.1 Å². The zero-order valence-electron chi connectivity index (χ0n) is 13.2. The van der Waals surface area contributed by atoms with Crippen molar-refractivity contribution in [3.8, 4) is 0 Å². The van der Waals surface area contributed by atoms with Gasteiger partial charge in [0, 0.05) is 17.7 Å². The molecule has 6 heteroatoms. The zero-order chi connectivity index (χ0) is 16.4. The molecule has 2 heterocycles. The van der Waals surface area contributed by atoms with E-state index in [-0.39, 0.29) is 17.6 Å². The van der Waals surface area contributed by atoms with Crippen LogP contribution in [0.15, 0.2) is 29.6 Å². The van der Waals surface area contributed by atoms with Gasteiger partial charge in [-0.1, -0.05) is 6.92 Å². The minimum atomic E-state index is -0.445. The van der Waals surface area contributed by atoms with Gasteiger partial charge in [-0.05, 0) is 43.5 Å². The highest BCUT2D eigenvalue weighted by Gasteiger charge is 2.35. The van der Waals surface area contributed by atoms with Crippen molar-refractivity contribution in [1.29, 1.82) is 0 Å². The highest BCUT2D eigenvalue weighted by atomic mass is 32.1. The van der Waals surface area contributed by atoms with E-state index in [1.807, 2.05) is 19.2 Å². The molecule has 1 aliphatic rings. The van der Waals surface area contributed by atoms with E-state index < -0.39 is 6.10 Å². The molecule has 1 aliphatic heterocycles. The topological polar surface area (TPSA) is 42.4 Å². The molecule has 0 N–H and O–H groups in total. The second kappa shape index (κ2) is 6.76. The predicted octanol–water partition coefficient (Wildman–Crippen LogP) is 3.55. The molecule has 0 bridgehead atoms. The smallest absolute Gasteiger partial charge is 0.256 e. The number of hydrogen-bond acceptors (Lipinski definition) is 4. The van der Waals surface area contributed by atoms with Crippen LogP contribution in [0.1, 0.15) is 24.0 Å². The van der Waals surface area contributed by atoms with Crippen molar-refractivity contribution in [2.45, 2.75) is 32.9 Å². The standard InChI is InChI=1S/C17H19FN2O2S/c1-11-7-8-22-16(11)17(21)20(9-14-10-23-12(2)19-14)15-5-3-13(18)4-6-15/h3-6,10-11,16H,7-9H2,1-2H3. The van der Waals surface area contributed by atoms with Crippen LogP contribution in [0, 0.1) is 18.7 Å². The van der Waals surface area contributed by atoms with Crippen LogP contribution in [-0.4, -0.2) is 23.6 Å². The van der Waals surface area contributed by atoms with Crippen LogP contribution in [0.3, 0.4) is 0 Å². The molecule has 0 aliphatic carbocycles. The van der Waals surface area contributed by atoms with Gasteiger partial charge < -0.3 is 9.64 Å². The molecule has 1 amide bonds. The van der Waals surface area contributed by atoms with Gasteiger partial charge in [0.25, 0.3) is 5.91 Å². The fourth-order valence-corrected chi connectivity index (χ4v) is 3.33. The van der Waals surface area contributed by atoms with E-state index >= 15 is 0 Å². The van der Waals surface area contributed by atoms with Gasteiger partial charge in [0.2, 0.25) is 0 Å². The average Bonchev–Trinajstić information content (AvgIpc) is 3.14. The molecule has 122 valence electrons. The number of rotatable bonds is 4. The molecule has 0 radical (unpaired) electrons. The van der Waals surface area contributed by atoms with Gasteiger partial charge in [-0.3, -0.25) is 4.79 Å². The molecule has 2 unspecified atom stereocenters. The number of carbonyl (C=O) groups excluding carboxylic acids is 1. The number of hydrogen-bond donors (Lipinski definition) is 0. The number of thiazole rings is 1. The van der Waals surface area contributed by atoms with Crippen molar-refractivity contribution >= 4 is 22.9 Å². The minimum absolute atomic E-state index is 0.0905. The van der Waals surface area contributed by atoms with Crippen LogP contribution in [0.2, 0.25) is 0 Å². The number of halogens is 1. The Bertz CT molecular complexity index is 686. The van der Waals surface area contributed by atoms with Crippen molar-refractivity contribution in [2.24, 2.45) is 5.92 Å². The second-order valence-corrected chi connectivity index (χ2v) is 6.88. The Morgan fingerprint density at radius 3 is 2.74 bits per heavy atom. The van der Waals surface area contributed by atoms with Crippen molar-refractivity contribution in [1.82, 2.24) is 4.98 Å². The average molecular weight is 334 g/mol. The van der Waals surface area contributed by atoms with Crippen molar-refractivity contribution in [3.63, 3.8) is 0 Å². The Hall–Kier alpha value is -1.79. The first-order valence-electron chi connectivity index (χ1n) is 7.64. The van der Waals surface area contributed by atoms with E-state index in [0.717, 1.165) is 17.1 Å². The SMILES string of the molecule is Cc1nc(CN(C(=O)C2OCCC2C)c2ccc(F)cc2)cs1. The van der Waals surface area contributed by atoms with E-state index in [9.17, 15) is 9.18 Å². The van der Waals surface area contributed by atoms with E-state index in [4.69, 9.17) is 4.74 Å². The predicted molar refractivity (Wildman–Crippen MR) is 88.0 cm³/mol. The van der Waals surface area contributed by atoms with Crippen LogP contribution >= 0.6 is 11.3 Å². The van der Waals surface area contributed by atoms with Crippen LogP contribution in [0.5, 0.6) is 0 Å². The van der Waals surface area contributed by atoms with E-state index in [2.05, 4.69) is 4.98 Å². The number of carbonyl (C=O) groups is 1. The quantitative estimate of drug-likeness (QED) is 0.859. The summed E-state index contributed by atoms with van der Waals surface area (Å²) in [4.78, 5) is 19.0. The Morgan fingerprint density at radius 2 is 2.17 bits per heavy atom. The fourth-order valence-electron chi connectivity index (χ4n) is 2.73. The molecule has 0 saturated carbocycles. The number of benzene rings is 1. The number of ether oxygens (including phenoxy) is 1. The highest BCUT2D eigenvalue weighted by molar-refractivity contribution is 7.09. The molecule has 1 fully saturated rings. The number of amides is 1. The lowest BCUT2D eigenvalue weighted by Gasteiger charge is -2.26. The largest absolute Gasteiger partial charge is 0.368 e. The molecule has 3 rings (SSSR count). The number of aromatic nitrogens is 1. The Labute approximate surface area is 138 Å². The van der Waals surface area contributed by atoms with Crippen molar-refractivity contribution in [2.75, 3.05) is 11.5 Å². The monoisotopic (exact) mass is 334 g/mol. The summed E-state index contributed by atoms with van der Waals surface area (Å²) in [6.45, 7) is 4.91. The van der Waals surface area contributed by atoms with Gasteiger partial charge in [0.15, 0.2) is 0 Å². The van der Waals surface area contributed by atoms with Gasteiger partial charge in [0.05, 0.1) is 17.2 Å². The lowest BCUT2D eigenvalue weighted by molar-refractivity contribution is -0.128. The lowest BCUT2D eigenvalue weighted by atomic mass is 10.0. The number of nitrogens with zero attached hydrogens (tertiary/aromatic N) is 2. The minimum Gasteiger partial charge on any atom is -0.368 e. The zero-order valence-corrected chi connectivity index (χ0v) is 14.0. The molecule has 4 nitrogen and oxygen atoms in total. The van der Waals surface area contributed by atoms with Crippen LogP contribution < -0.4 is 4.90 Å². The molecule has 2 atom stereocenters. The summed E-state index contributed by atoms with van der Waals surface area (Å²) in [5, 5.41) is 2.90. The summed E-state index contributed by atoms with van der Waals surface area (Å²) in [5.41, 5.74) is 1.49. The maximum Gasteiger partial charge on any atom is 0.256 e. The summed E-state index contributed by atoms with van der Waals surface area (Å²) in [6.07, 6.45) is 0.434. The Balaban J connectivity index is 1.88. The Morgan fingerprint density at radius 1 is 1.43 bits per heavy atom. The van der Waals surface area contributed by atoms with Gasteiger partial charge in [0.1, 0.15) is 11.9 Å². The third-order valence-corrected chi connectivity index (χ3v) is 4.84. The maximum absolute atomic E-state index is 13.2. The number of anilines is 1. The van der Waals surface area contributed by atoms with Crippen molar-refractivity contribution < 1.29 is 13.9 Å². The molecule has 2 aromatic rings.